The van der Waals surface area contributed by atoms with E-state index in [9.17, 15) is 0 Å². The van der Waals surface area contributed by atoms with Gasteiger partial charge in [-0.3, -0.25) is 5.41 Å². The number of aryl methyl sites for hydroxylation is 1. The zero-order valence-electron chi connectivity index (χ0n) is 9.91. The Morgan fingerprint density at radius 1 is 1.17 bits per heavy atom. The van der Waals surface area contributed by atoms with Crippen molar-refractivity contribution < 1.29 is 0 Å². The summed E-state index contributed by atoms with van der Waals surface area (Å²) in [4.78, 5) is 2.21. The van der Waals surface area contributed by atoms with E-state index in [0.717, 1.165) is 4.90 Å². The number of nitrogen functional groups attached to an aromatic ring is 1. The van der Waals surface area contributed by atoms with Crippen LogP contribution in [0, 0.1) is 12.3 Å². The maximum Gasteiger partial charge on any atom is 0.124 e. The number of benzene rings is 2. The number of nitrogens with one attached hydrogen (secondary N) is 1. The molecule has 0 aliphatic rings. The van der Waals surface area contributed by atoms with Crippen LogP contribution in [0.5, 0.6) is 0 Å². The Balaban J connectivity index is 2.25. The predicted octanol–water partition coefficient (Wildman–Crippen LogP) is 4.08. The molecule has 0 fully saturated rings. The van der Waals surface area contributed by atoms with Gasteiger partial charge in [-0.25, -0.2) is 0 Å². The Morgan fingerprint density at radius 2 is 1.89 bits per heavy atom. The van der Waals surface area contributed by atoms with Crippen molar-refractivity contribution in [2.24, 2.45) is 5.73 Å². The Hall–Kier alpha value is -1.45. The zero-order chi connectivity index (χ0) is 13.1. The van der Waals surface area contributed by atoms with Gasteiger partial charge in [-0.2, -0.15) is 0 Å². The summed E-state index contributed by atoms with van der Waals surface area (Å²) < 4.78 is 0. The molecule has 2 nitrogen and oxygen atoms in total. The van der Waals surface area contributed by atoms with E-state index in [4.69, 9.17) is 22.7 Å². The van der Waals surface area contributed by atoms with Crippen molar-refractivity contribution >= 4 is 29.2 Å². The van der Waals surface area contributed by atoms with Crippen molar-refractivity contribution in [1.29, 1.82) is 5.41 Å². The van der Waals surface area contributed by atoms with Crippen LogP contribution in [0.4, 0.5) is 0 Å². The van der Waals surface area contributed by atoms with Crippen LogP contribution in [0.1, 0.15) is 11.1 Å². The summed E-state index contributed by atoms with van der Waals surface area (Å²) in [6, 6.07) is 13.8. The van der Waals surface area contributed by atoms with E-state index >= 15 is 0 Å². The normalized spacial score (nSPS) is 10.3. The minimum absolute atomic E-state index is 0.00731. The molecule has 2 rings (SSSR count). The van der Waals surface area contributed by atoms with Gasteiger partial charge in [-0.1, -0.05) is 41.1 Å². The van der Waals surface area contributed by atoms with Gasteiger partial charge in [0.2, 0.25) is 0 Å². The first kappa shape index (κ1) is 13.0. The zero-order valence-corrected chi connectivity index (χ0v) is 11.5. The highest BCUT2D eigenvalue weighted by atomic mass is 35.5. The Kier molecular flexibility index (Phi) is 3.94. The second-order valence-electron chi connectivity index (χ2n) is 3.97. The largest absolute Gasteiger partial charge is 0.384 e. The molecule has 0 saturated heterocycles. The lowest BCUT2D eigenvalue weighted by Crippen LogP contribution is -2.11. The van der Waals surface area contributed by atoms with E-state index in [2.05, 4.69) is 25.1 Å². The summed E-state index contributed by atoms with van der Waals surface area (Å²) in [5.74, 6) is -0.00731. The van der Waals surface area contributed by atoms with Crippen molar-refractivity contribution in [3.05, 3.63) is 58.6 Å². The topological polar surface area (TPSA) is 49.9 Å². The van der Waals surface area contributed by atoms with E-state index in [1.54, 1.807) is 17.8 Å². The van der Waals surface area contributed by atoms with Crippen molar-refractivity contribution in [2.45, 2.75) is 16.7 Å². The lowest BCUT2D eigenvalue weighted by atomic mass is 10.2. The van der Waals surface area contributed by atoms with E-state index in [1.807, 2.05) is 18.2 Å². The van der Waals surface area contributed by atoms with Gasteiger partial charge in [0, 0.05) is 15.4 Å². The van der Waals surface area contributed by atoms with Crippen LogP contribution in [0.3, 0.4) is 0 Å². The smallest absolute Gasteiger partial charge is 0.124 e. The van der Waals surface area contributed by atoms with E-state index in [0.29, 0.717) is 10.6 Å². The van der Waals surface area contributed by atoms with Gasteiger partial charge in [0.05, 0.1) is 5.02 Å². The van der Waals surface area contributed by atoms with E-state index in [-0.39, 0.29) is 5.84 Å². The summed E-state index contributed by atoms with van der Waals surface area (Å²) in [5, 5.41) is 7.90. The first-order chi connectivity index (χ1) is 8.56. The molecule has 92 valence electrons. The van der Waals surface area contributed by atoms with Crippen molar-refractivity contribution in [3.8, 4) is 0 Å². The number of halogens is 1. The molecule has 0 unspecified atom stereocenters. The monoisotopic (exact) mass is 276 g/mol. The maximum absolute atomic E-state index is 7.38. The van der Waals surface area contributed by atoms with Gasteiger partial charge in [0.1, 0.15) is 5.84 Å². The third-order valence-corrected chi connectivity index (χ3v) is 3.75. The average Bonchev–Trinajstić information content (AvgIpc) is 2.28. The molecule has 0 aliphatic heterocycles. The summed E-state index contributed by atoms with van der Waals surface area (Å²) in [6.45, 7) is 2.07. The number of hydrogen-bond acceptors (Lipinski definition) is 2. The van der Waals surface area contributed by atoms with E-state index in [1.165, 1.54) is 10.5 Å². The third kappa shape index (κ3) is 3.06. The molecule has 0 heterocycles. The molecule has 0 saturated carbocycles. The second-order valence-corrected chi connectivity index (χ2v) is 5.53. The Bertz CT molecular complexity index is 596. The number of rotatable bonds is 3. The van der Waals surface area contributed by atoms with Crippen molar-refractivity contribution in [1.82, 2.24) is 0 Å². The van der Waals surface area contributed by atoms with Gasteiger partial charge in [-0.15, -0.1) is 0 Å². The standard InChI is InChI=1S/C14H13ClN2S/c1-9-3-2-4-10(7-9)18-11-5-6-12(14(16)17)13(15)8-11/h2-8H,1H3,(H3,16,17). The van der Waals surface area contributed by atoms with Crippen LogP contribution in [0.25, 0.3) is 0 Å². The van der Waals surface area contributed by atoms with Crippen molar-refractivity contribution in [2.75, 3.05) is 0 Å². The minimum Gasteiger partial charge on any atom is -0.384 e. The first-order valence-corrected chi connectivity index (χ1v) is 6.64. The molecular formula is C14H13ClN2S. The number of hydrogen-bond donors (Lipinski definition) is 2. The predicted molar refractivity (Wildman–Crippen MR) is 77.8 cm³/mol. The van der Waals surface area contributed by atoms with Crippen LogP contribution < -0.4 is 5.73 Å². The molecule has 0 spiro atoms. The van der Waals surface area contributed by atoms with Crippen LogP contribution in [-0.2, 0) is 0 Å². The molecule has 0 aromatic heterocycles. The van der Waals surface area contributed by atoms with Gasteiger partial charge in [0.25, 0.3) is 0 Å². The van der Waals surface area contributed by atoms with Crippen LogP contribution in [-0.4, -0.2) is 5.84 Å². The molecule has 2 aromatic carbocycles. The van der Waals surface area contributed by atoms with Crippen LogP contribution >= 0.6 is 23.4 Å². The fourth-order valence-corrected chi connectivity index (χ4v) is 2.92. The fourth-order valence-electron chi connectivity index (χ4n) is 1.59. The summed E-state index contributed by atoms with van der Waals surface area (Å²) in [6.07, 6.45) is 0. The summed E-state index contributed by atoms with van der Waals surface area (Å²) in [7, 11) is 0. The lowest BCUT2D eigenvalue weighted by Gasteiger charge is -2.06. The first-order valence-electron chi connectivity index (χ1n) is 5.45. The highest BCUT2D eigenvalue weighted by molar-refractivity contribution is 7.99. The molecule has 0 radical (unpaired) electrons. The molecule has 2 aromatic rings. The Labute approximate surface area is 116 Å². The number of amidine groups is 1. The molecule has 3 N–H and O–H groups in total. The molecule has 0 amide bonds. The summed E-state index contributed by atoms with van der Waals surface area (Å²) in [5.41, 5.74) is 7.23. The van der Waals surface area contributed by atoms with Gasteiger partial charge in [0.15, 0.2) is 0 Å². The molecule has 0 atom stereocenters. The third-order valence-electron chi connectivity index (χ3n) is 2.46. The minimum atomic E-state index is -0.00731. The molecule has 0 bridgehead atoms. The van der Waals surface area contributed by atoms with Crippen LogP contribution in [0.15, 0.2) is 52.3 Å². The van der Waals surface area contributed by atoms with Crippen LogP contribution in [0.2, 0.25) is 5.02 Å². The second kappa shape index (κ2) is 5.46. The molecule has 18 heavy (non-hydrogen) atoms. The number of nitrogens with two attached hydrogens (primary N) is 1. The SMILES string of the molecule is Cc1cccc(Sc2ccc(C(=N)N)c(Cl)c2)c1. The summed E-state index contributed by atoms with van der Waals surface area (Å²) >= 11 is 7.73. The maximum atomic E-state index is 7.38. The highest BCUT2D eigenvalue weighted by Crippen LogP contribution is 2.31. The van der Waals surface area contributed by atoms with Gasteiger partial charge < -0.3 is 5.73 Å². The van der Waals surface area contributed by atoms with Crippen molar-refractivity contribution in [3.63, 3.8) is 0 Å². The average molecular weight is 277 g/mol. The molecule has 4 heteroatoms. The van der Waals surface area contributed by atoms with Gasteiger partial charge >= 0.3 is 0 Å². The van der Waals surface area contributed by atoms with E-state index < -0.39 is 0 Å². The molecule has 0 aliphatic carbocycles. The Morgan fingerprint density at radius 3 is 2.50 bits per heavy atom. The highest BCUT2D eigenvalue weighted by Gasteiger charge is 2.05. The lowest BCUT2D eigenvalue weighted by molar-refractivity contribution is 1.34. The molecular weight excluding hydrogens is 264 g/mol. The van der Waals surface area contributed by atoms with Gasteiger partial charge in [-0.05, 0) is 37.3 Å². The fraction of sp³-hybridized carbons (Fsp3) is 0.0714. The quantitative estimate of drug-likeness (QED) is 0.655.